The highest BCUT2D eigenvalue weighted by atomic mass is 16.5. The van der Waals surface area contributed by atoms with Crippen molar-refractivity contribution >= 4 is 0 Å². The zero-order chi connectivity index (χ0) is 13.0. The van der Waals surface area contributed by atoms with Crippen molar-refractivity contribution in [1.82, 2.24) is 9.97 Å². The van der Waals surface area contributed by atoms with Crippen LogP contribution in [0.2, 0.25) is 0 Å². The summed E-state index contributed by atoms with van der Waals surface area (Å²) in [4.78, 5) is 18.8. The lowest BCUT2D eigenvalue weighted by Gasteiger charge is -2.34. The smallest absolute Gasteiger partial charge is 0.251 e. The molecule has 0 saturated carbocycles. The molecule has 0 unspecified atom stereocenters. The SMILES string of the molecule is COCc1cc(=O)[nH]c(C2(OC)CCOCC2)n1. The van der Waals surface area contributed by atoms with Crippen LogP contribution in [-0.2, 0) is 26.4 Å². The van der Waals surface area contributed by atoms with E-state index in [1.54, 1.807) is 14.2 Å². The first kappa shape index (κ1) is 13.2. The monoisotopic (exact) mass is 254 g/mol. The molecule has 2 rings (SSSR count). The van der Waals surface area contributed by atoms with Gasteiger partial charge in [0.2, 0.25) is 0 Å². The molecule has 1 aliphatic heterocycles. The van der Waals surface area contributed by atoms with E-state index in [1.165, 1.54) is 6.07 Å². The molecule has 0 aromatic carbocycles. The maximum absolute atomic E-state index is 11.6. The molecule has 1 saturated heterocycles. The third kappa shape index (κ3) is 2.60. The van der Waals surface area contributed by atoms with E-state index in [4.69, 9.17) is 14.2 Å². The first-order chi connectivity index (χ1) is 8.70. The molecule has 0 atom stereocenters. The molecule has 0 spiro atoms. The number of aromatic nitrogens is 2. The number of hydrogen-bond acceptors (Lipinski definition) is 5. The van der Waals surface area contributed by atoms with Crippen molar-refractivity contribution in [3.05, 3.63) is 27.9 Å². The van der Waals surface area contributed by atoms with E-state index < -0.39 is 5.60 Å². The zero-order valence-corrected chi connectivity index (χ0v) is 10.7. The quantitative estimate of drug-likeness (QED) is 0.850. The van der Waals surface area contributed by atoms with Crippen molar-refractivity contribution in [3.8, 4) is 0 Å². The molecule has 1 N–H and O–H groups in total. The molecule has 0 radical (unpaired) electrons. The minimum atomic E-state index is -0.554. The Hall–Kier alpha value is -1.24. The fraction of sp³-hybridized carbons (Fsp3) is 0.667. The Balaban J connectivity index is 2.38. The average molecular weight is 254 g/mol. The van der Waals surface area contributed by atoms with Crippen LogP contribution in [-0.4, -0.2) is 37.4 Å². The predicted molar refractivity (Wildman–Crippen MR) is 64.3 cm³/mol. The fourth-order valence-corrected chi connectivity index (χ4v) is 2.18. The molecule has 1 aliphatic rings. The second-order valence-electron chi connectivity index (χ2n) is 4.33. The molecule has 18 heavy (non-hydrogen) atoms. The Bertz CT molecular complexity index is 452. The Morgan fingerprint density at radius 3 is 2.78 bits per heavy atom. The van der Waals surface area contributed by atoms with Gasteiger partial charge in [-0.15, -0.1) is 0 Å². The molecule has 1 fully saturated rings. The van der Waals surface area contributed by atoms with E-state index in [9.17, 15) is 4.79 Å². The molecule has 100 valence electrons. The number of H-pyrrole nitrogens is 1. The van der Waals surface area contributed by atoms with Crippen LogP contribution in [0.1, 0.15) is 24.4 Å². The summed E-state index contributed by atoms with van der Waals surface area (Å²) in [6.45, 7) is 1.52. The number of aromatic amines is 1. The summed E-state index contributed by atoms with van der Waals surface area (Å²) in [6.07, 6.45) is 1.37. The van der Waals surface area contributed by atoms with Crippen molar-refractivity contribution in [3.63, 3.8) is 0 Å². The average Bonchev–Trinajstić information content (AvgIpc) is 2.39. The Morgan fingerprint density at radius 2 is 2.17 bits per heavy atom. The molecular weight excluding hydrogens is 236 g/mol. The molecule has 6 heteroatoms. The summed E-state index contributed by atoms with van der Waals surface area (Å²) < 4.78 is 15.9. The van der Waals surface area contributed by atoms with Gasteiger partial charge in [-0.25, -0.2) is 4.98 Å². The number of nitrogens with zero attached hydrogens (tertiary/aromatic N) is 1. The molecular formula is C12H18N2O4. The van der Waals surface area contributed by atoms with Crippen molar-refractivity contribution in [2.75, 3.05) is 27.4 Å². The topological polar surface area (TPSA) is 73.4 Å². The number of hydrogen-bond donors (Lipinski definition) is 1. The van der Waals surface area contributed by atoms with Crippen molar-refractivity contribution in [1.29, 1.82) is 0 Å². The third-order valence-corrected chi connectivity index (χ3v) is 3.21. The fourth-order valence-electron chi connectivity index (χ4n) is 2.18. The zero-order valence-electron chi connectivity index (χ0n) is 10.7. The van der Waals surface area contributed by atoms with Gasteiger partial charge in [-0.3, -0.25) is 4.79 Å². The number of rotatable bonds is 4. The van der Waals surface area contributed by atoms with Gasteiger partial charge in [-0.2, -0.15) is 0 Å². The number of methoxy groups -OCH3 is 2. The van der Waals surface area contributed by atoms with Gasteiger partial charge in [-0.1, -0.05) is 0 Å². The van der Waals surface area contributed by atoms with Crippen molar-refractivity contribution in [2.24, 2.45) is 0 Å². The Morgan fingerprint density at radius 1 is 1.44 bits per heavy atom. The summed E-state index contributed by atoms with van der Waals surface area (Å²) >= 11 is 0. The predicted octanol–water partition coefficient (Wildman–Crippen LogP) is 0.568. The van der Waals surface area contributed by atoms with Crippen LogP contribution in [0.4, 0.5) is 0 Å². The highest BCUT2D eigenvalue weighted by molar-refractivity contribution is 5.09. The van der Waals surface area contributed by atoms with Crippen LogP contribution in [0.25, 0.3) is 0 Å². The lowest BCUT2D eigenvalue weighted by atomic mass is 9.93. The summed E-state index contributed by atoms with van der Waals surface area (Å²) in [6, 6.07) is 1.44. The highest BCUT2D eigenvalue weighted by Gasteiger charge is 2.37. The van der Waals surface area contributed by atoms with Gasteiger partial charge >= 0.3 is 0 Å². The summed E-state index contributed by atoms with van der Waals surface area (Å²) in [5.41, 5.74) is -0.129. The maximum atomic E-state index is 11.6. The van der Waals surface area contributed by atoms with Gasteiger partial charge in [0.05, 0.1) is 12.3 Å². The number of ether oxygens (including phenoxy) is 3. The first-order valence-corrected chi connectivity index (χ1v) is 5.93. The van der Waals surface area contributed by atoms with E-state index >= 15 is 0 Å². The first-order valence-electron chi connectivity index (χ1n) is 5.93. The second-order valence-corrected chi connectivity index (χ2v) is 4.33. The van der Waals surface area contributed by atoms with Crippen molar-refractivity contribution in [2.45, 2.75) is 25.0 Å². The molecule has 0 amide bonds. The molecule has 1 aromatic heterocycles. The maximum Gasteiger partial charge on any atom is 0.251 e. The lowest BCUT2D eigenvalue weighted by Crippen LogP contribution is -2.39. The number of nitrogens with one attached hydrogen (secondary N) is 1. The largest absolute Gasteiger partial charge is 0.381 e. The molecule has 0 bridgehead atoms. The lowest BCUT2D eigenvalue weighted by molar-refractivity contribution is -0.100. The van der Waals surface area contributed by atoms with Crippen molar-refractivity contribution < 1.29 is 14.2 Å². The standard InChI is InChI=1S/C12H18N2O4/c1-16-8-9-7-10(15)14-11(13-9)12(17-2)3-5-18-6-4-12/h7H,3-6,8H2,1-2H3,(H,13,14,15). The van der Waals surface area contributed by atoms with Crippen LogP contribution in [0.3, 0.4) is 0 Å². The van der Waals surface area contributed by atoms with Gasteiger partial charge in [-0.05, 0) is 0 Å². The normalized spacial score (nSPS) is 18.8. The van der Waals surface area contributed by atoms with E-state index in [0.29, 0.717) is 44.2 Å². The van der Waals surface area contributed by atoms with Crippen LogP contribution in [0, 0.1) is 0 Å². The minimum absolute atomic E-state index is 0.185. The molecule has 1 aromatic rings. The Labute approximate surface area is 105 Å². The van der Waals surface area contributed by atoms with Gasteiger partial charge in [0.15, 0.2) is 0 Å². The van der Waals surface area contributed by atoms with Crippen LogP contribution >= 0.6 is 0 Å². The van der Waals surface area contributed by atoms with Crippen LogP contribution < -0.4 is 5.56 Å². The van der Waals surface area contributed by atoms with Gasteiger partial charge < -0.3 is 19.2 Å². The van der Waals surface area contributed by atoms with Gasteiger partial charge in [0.25, 0.3) is 5.56 Å². The van der Waals surface area contributed by atoms with Gasteiger partial charge in [0.1, 0.15) is 11.4 Å². The van der Waals surface area contributed by atoms with Crippen LogP contribution in [0.5, 0.6) is 0 Å². The van der Waals surface area contributed by atoms with Crippen LogP contribution in [0.15, 0.2) is 10.9 Å². The molecule has 6 nitrogen and oxygen atoms in total. The summed E-state index contributed by atoms with van der Waals surface area (Å²) in [5.74, 6) is 0.563. The molecule has 2 heterocycles. The Kier molecular flexibility index (Phi) is 4.11. The van der Waals surface area contributed by atoms with Gasteiger partial charge in [0, 0.05) is 46.3 Å². The van der Waals surface area contributed by atoms with E-state index in [-0.39, 0.29) is 5.56 Å². The second kappa shape index (κ2) is 5.60. The highest BCUT2D eigenvalue weighted by Crippen LogP contribution is 2.32. The summed E-state index contributed by atoms with van der Waals surface area (Å²) in [5, 5.41) is 0. The minimum Gasteiger partial charge on any atom is -0.381 e. The van der Waals surface area contributed by atoms with E-state index in [2.05, 4.69) is 9.97 Å². The van der Waals surface area contributed by atoms with E-state index in [1.807, 2.05) is 0 Å². The molecule has 0 aliphatic carbocycles. The van der Waals surface area contributed by atoms with E-state index in [0.717, 1.165) is 0 Å². The summed E-state index contributed by atoms with van der Waals surface area (Å²) in [7, 11) is 3.21. The third-order valence-electron chi connectivity index (χ3n) is 3.21.